The Morgan fingerprint density at radius 3 is 1.51 bits per heavy atom. The predicted molar refractivity (Wildman–Crippen MR) is 292 cm³/mol. The minimum atomic E-state index is 0.627. The third-order valence-corrected chi connectivity index (χ3v) is 17.1. The molecule has 316 valence electrons. The highest BCUT2D eigenvalue weighted by Gasteiger charge is 2.22. The molecule has 0 aliphatic heterocycles. The molecule has 5 heterocycles. The molecule has 0 saturated heterocycles. The summed E-state index contributed by atoms with van der Waals surface area (Å²) in [5.41, 5.74) is 8.45. The van der Waals surface area contributed by atoms with Crippen molar-refractivity contribution in [1.29, 1.82) is 0 Å². The van der Waals surface area contributed by atoms with Crippen LogP contribution in [0.1, 0.15) is 0 Å². The van der Waals surface area contributed by atoms with Gasteiger partial charge in [0.2, 0.25) is 0 Å². The highest BCUT2D eigenvalue weighted by molar-refractivity contribution is 7.26. The summed E-state index contributed by atoms with van der Waals surface area (Å²) in [5.74, 6) is 1.91. The second-order valence-electron chi connectivity index (χ2n) is 17.5. The molecule has 7 heteroatoms. The lowest BCUT2D eigenvalue weighted by atomic mass is 9.94. The van der Waals surface area contributed by atoms with Crippen LogP contribution in [0.3, 0.4) is 0 Å². The zero-order chi connectivity index (χ0) is 44.5. The molecule has 0 spiro atoms. The molecule has 0 saturated carbocycles. The van der Waals surface area contributed by atoms with Gasteiger partial charge in [0, 0.05) is 93.7 Å². The van der Waals surface area contributed by atoms with Crippen LogP contribution < -0.4 is 0 Å². The Bertz CT molecular complexity index is 4460. The third-order valence-electron chi connectivity index (χ3n) is 13.6. The lowest BCUT2D eigenvalue weighted by Gasteiger charge is -2.16. The number of hydrogen-bond acceptors (Lipinski definition) is 6. The van der Waals surface area contributed by atoms with Crippen LogP contribution >= 0.6 is 34.0 Å². The summed E-state index contributed by atoms with van der Waals surface area (Å²) in [5, 5.41) is 12.3. The molecule has 0 radical (unpaired) electrons. The van der Waals surface area contributed by atoms with Crippen molar-refractivity contribution in [3.05, 3.63) is 206 Å². The monoisotopic (exact) mass is 918 g/mol. The van der Waals surface area contributed by atoms with Gasteiger partial charge in [-0.2, -0.15) is 0 Å². The van der Waals surface area contributed by atoms with Crippen LogP contribution in [0.25, 0.3) is 144 Å². The molecule has 0 amide bonds. The molecular weight excluding hydrogens is 885 g/mol. The van der Waals surface area contributed by atoms with E-state index < -0.39 is 0 Å². The van der Waals surface area contributed by atoms with Gasteiger partial charge in [0.1, 0.15) is 0 Å². The maximum Gasteiger partial charge on any atom is 0.164 e. The Kier molecular flexibility index (Phi) is 8.24. The van der Waals surface area contributed by atoms with E-state index in [0.29, 0.717) is 17.5 Å². The topological polar surface area (TPSA) is 43.6 Å². The zero-order valence-electron chi connectivity index (χ0n) is 36.1. The maximum absolute atomic E-state index is 5.49. The Morgan fingerprint density at radius 2 is 0.824 bits per heavy atom. The maximum atomic E-state index is 5.49. The van der Waals surface area contributed by atoms with E-state index in [1.54, 1.807) is 0 Å². The van der Waals surface area contributed by atoms with E-state index in [2.05, 4.69) is 211 Å². The van der Waals surface area contributed by atoms with E-state index in [9.17, 15) is 0 Å². The van der Waals surface area contributed by atoms with Crippen LogP contribution in [0.5, 0.6) is 0 Å². The summed E-state index contributed by atoms with van der Waals surface area (Å²) in [6.45, 7) is 0. The van der Waals surface area contributed by atoms with E-state index in [4.69, 9.17) is 15.0 Å². The van der Waals surface area contributed by atoms with Gasteiger partial charge in [0.15, 0.2) is 17.5 Å². The second kappa shape index (κ2) is 14.7. The second-order valence-corrected chi connectivity index (χ2v) is 20.8. The van der Waals surface area contributed by atoms with E-state index in [0.717, 1.165) is 39.0 Å². The minimum absolute atomic E-state index is 0.627. The van der Waals surface area contributed by atoms with Crippen molar-refractivity contribution < 1.29 is 0 Å². The van der Waals surface area contributed by atoms with Gasteiger partial charge >= 0.3 is 0 Å². The fraction of sp³-hybridized carbons (Fsp3) is 0. The fourth-order valence-electron chi connectivity index (χ4n) is 10.5. The average molecular weight is 919 g/mol. The first-order chi connectivity index (χ1) is 33.7. The lowest BCUT2D eigenvalue weighted by Crippen LogP contribution is -2.02. The number of benzene rings is 10. The smallest absolute Gasteiger partial charge is 0.164 e. The molecule has 0 atom stereocenters. The molecule has 0 aliphatic rings. The zero-order valence-corrected chi connectivity index (χ0v) is 38.6. The van der Waals surface area contributed by atoms with Crippen LogP contribution in [-0.2, 0) is 0 Å². The van der Waals surface area contributed by atoms with E-state index in [-0.39, 0.29) is 0 Å². The van der Waals surface area contributed by atoms with Crippen molar-refractivity contribution in [3.8, 4) is 51.0 Å². The number of para-hydroxylation sites is 1. The van der Waals surface area contributed by atoms with Gasteiger partial charge in [0.05, 0.1) is 11.0 Å². The van der Waals surface area contributed by atoms with E-state index in [1.807, 2.05) is 34.0 Å². The summed E-state index contributed by atoms with van der Waals surface area (Å²) < 4.78 is 9.96. The Morgan fingerprint density at radius 1 is 0.294 bits per heavy atom. The summed E-state index contributed by atoms with van der Waals surface area (Å²) >= 11 is 5.48. The van der Waals surface area contributed by atoms with Gasteiger partial charge < -0.3 is 4.57 Å². The first kappa shape index (κ1) is 38.1. The molecule has 0 unspecified atom stereocenters. The molecule has 15 aromatic rings. The van der Waals surface area contributed by atoms with Crippen molar-refractivity contribution in [1.82, 2.24) is 19.5 Å². The van der Waals surface area contributed by atoms with Crippen molar-refractivity contribution in [3.63, 3.8) is 0 Å². The molecule has 0 bridgehead atoms. The van der Waals surface area contributed by atoms with Crippen molar-refractivity contribution in [2.75, 3.05) is 0 Å². The largest absolute Gasteiger partial charge is 0.309 e. The number of aromatic nitrogens is 4. The average Bonchev–Trinajstić information content (AvgIpc) is 4.16. The minimum Gasteiger partial charge on any atom is -0.309 e. The predicted octanol–water partition coefficient (Wildman–Crippen LogP) is 17.9. The summed E-state index contributed by atoms with van der Waals surface area (Å²) in [6, 6.07) is 75.1. The van der Waals surface area contributed by atoms with Crippen molar-refractivity contribution in [2.24, 2.45) is 0 Å². The Labute approximate surface area is 401 Å². The van der Waals surface area contributed by atoms with Gasteiger partial charge in [-0.25, -0.2) is 15.0 Å². The highest BCUT2D eigenvalue weighted by Crippen LogP contribution is 2.45. The molecule has 0 fully saturated rings. The van der Waals surface area contributed by atoms with Gasteiger partial charge in [-0.05, 0) is 119 Å². The number of hydrogen-bond donors (Lipinski definition) is 0. The Hall–Kier alpha value is -8.07. The van der Waals surface area contributed by atoms with Gasteiger partial charge in [0.25, 0.3) is 0 Å². The summed E-state index contributed by atoms with van der Waals surface area (Å²) in [7, 11) is 0. The number of rotatable bonds is 5. The summed E-state index contributed by atoms with van der Waals surface area (Å²) in [4.78, 5) is 16.3. The molecule has 0 N–H and O–H groups in total. The van der Waals surface area contributed by atoms with E-state index >= 15 is 0 Å². The van der Waals surface area contributed by atoms with Gasteiger partial charge in [-0.1, -0.05) is 109 Å². The first-order valence-electron chi connectivity index (χ1n) is 22.7. The van der Waals surface area contributed by atoms with E-state index in [1.165, 1.54) is 87.6 Å². The quantitative estimate of drug-likeness (QED) is 0.173. The standard InChI is InChI=1S/C61H34N4S3/c1-2-13-36-33-51-47(30-35(36)12-1)40-14-3-7-19-50(40)65(51)39-26-27-44(46(34-39)43-18-11-23-57-58(43)45-17-6-10-22-54(45)68-57)61-63-59(37-24-28-55-48(31-37)41-15-4-8-20-52(41)66-55)62-60(64-61)38-25-29-56-49(32-38)42-16-5-9-21-53(42)67-56/h1-34H. The van der Waals surface area contributed by atoms with Gasteiger partial charge in [-0.15, -0.1) is 34.0 Å². The molecular formula is C61H34N4S3. The number of thiophene rings is 3. The normalized spacial score (nSPS) is 12.1. The van der Waals surface area contributed by atoms with Crippen LogP contribution in [0, 0.1) is 0 Å². The molecule has 15 rings (SSSR count). The van der Waals surface area contributed by atoms with Crippen LogP contribution in [-0.4, -0.2) is 19.5 Å². The van der Waals surface area contributed by atoms with Crippen LogP contribution in [0.15, 0.2) is 206 Å². The van der Waals surface area contributed by atoms with Crippen LogP contribution in [0.4, 0.5) is 0 Å². The molecule has 4 nitrogen and oxygen atoms in total. The molecule has 68 heavy (non-hydrogen) atoms. The highest BCUT2D eigenvalue weighted by atomic mass is 32.1. The molecule has 10 aromatic carbocycles. The number of fused-ring (bicyclic) bond motifs is 13. The van der Waals surface area contributed by atoms with Crippen molar-refractivity contribution >= 4 is 127 Å². The SMILES string of the molecule is c1ccc2cc3c(cc2c1)c1ccccc1n3-c1ccc(-c2nc(-c3ccc4sc5ccccc5c4c3)nc(-c3ccc4sc5ccccc5c4c3)n2)c(-c2cccc3sc4ccccc4c23)c1. The lowest BCUT2D eigenvalue weighted by molar-refractivity contribution is 1.07. The number of nitrogens with zero attached hydrogens (tertiary/aromatic N) is 4. The summed E-state index contributed by atoms with van der Waals surface area (Å²) in [6.07, 6.45) is 0. The first-order valence-corrected chi connectivity index (χ1v) is 25.2. The van der Waals surface area contributed by atoms with Crippen LogP contribution in [0.2, 0.25) is 0 Å². The molecule has 5 aromatic heterocycles. The third kappa shape index (κ3) is 5.80. The Balaban J connectivity index is 1.02. The van der Waals surface area contributed by atoms with Gasteiger partial charge in [-0.3, -0.25) is 0 Å². The molecule has 0 aliphatic carbocycles. The van der Waals surface area contributed by atoms with Crippen molar-refractivity contribution in [2.45, 2.75) is 0 Å². The fourth-order valence-corrected chi connectivity index (χ4v) is 13.8.